The summed E-state index contributed by atoms with van der Waals surface area (Å²) in [5, 5.41) is 3.66. The first-order valence-electron chi connectivity index (χ1n) is 1.51. The first kappa shape index (κ1) is 11.1. The van der Waals surface area contributed by atoms with Gasteiger partial charge >= 0.3 is 6.03 Å². The van der Waals surface area contributed by atoms with Gasteiger partial charge in [0, 0.05) is 0 Å². The van der Waals surface area contributed by atoms with Crippen molar-refractivity contribution >= 4 is 40.8 Å². The van der Waals surface area contributed by atoms with E-state index in [4.69, 9.17) is 0 Å². The lowest BCUT2D eigenvalue weighted by Crippen LogP contribution is -1.77. The Morgan fingerprint density at radius 3 is 1.78 bits per heavy atom. The van der Waals surface area contributed by atoms with E-state index in [9.17, 15) is 4.79 Å². The van der Waals surface area contributed by atoms with Gasteiger partial charge in [-0.25, -0.2) is 4.79 Å². The van der Waals surface area contributed by atoms with Crippen LogP contribution in [0.2, 0.25) is 0 Å². The average Bonchev–Trinajstić information content (AvgIpc) is 1.68. The van der Waals surface area contributed by atoms with E-state index in [-0.39, 0.29) is 5.48 Å². The van der Waals surface area contributed by atoms with E-state index < -0.39 is 6.03 Å². The molecule has 0 bridgehead atoms. The SMILES string of the molecule is O.O=C(N=C=S)N=C=S. The fourth-order valence-corrected chi connectivity index (χ4v) is 0.259. The summed E-state index contributed by atoms with van der Waals surface area (Å²) in [6, 6.07) is -0.769. The predicted octanol–water partition coefficient (Wildman–Crippen LogP) is 0.487. The topological polar surface area (TPSA) is 73.3 Å². The zero-order valence-corrected chi connectivity index (χ0v) is 5.75. The highest BCUT2D eigenvalue weighted by Gasteiger charge is 1.84. The number of amides is 2. The smallest absolute Gasteiger partial charge is 0.384 e. The third-order valence-corrected chi connectivity index (χ3v) is 0.465. The van der Waals surface area contributed by atoms with Crippen LogP contribution < -0.4 is 0 Å². The molecular formula is C3H2N2O2S2. The number of nitrogens with zero attached hydrogens (tertiary/aromatic N) is 2. The Labute approximate surface area is 61.6 Å². The van der Waals surface area contributed by atoms with Crippen LogP contribution in [-0.4, -0.2) is 21.8 Å². The molecule has 0 aromatic carbocycles. The summed E-state index contributed by atoms with van der Waals surface area (Å²) >= 11 is 8.17. The van der Waals surface area contributed by atoms with Crippen LogP contribution in [0.1, 0.15) is 0 Å². The van der Waals surface area contributed by atoms with Gasteiger partial charge in [0.1, 0.15) is 0 Å². The number of isothiocyanates is 2. The molecular weight excluding hydrogens is 160 g/mol. The summed E-state index contributed by atoms with van der Waals surface area (Å²) in [5.74, 6) is 0. The molecule has 0 unspecified atom stereocenters. The normalized spacial score (nSPS) is 5.33. The highest BCUT2D eigenvalue weighted by atomic mass is 32.1. The highest BCUT2D eigenvalue weighted by Crippen LogP contribution is 1.74. The maximum absolute atomic E-state index is 10.1. The van der Waals surface area contributed by atoms with E-state index in [2.05, 4.69) is 34.4 Å². The molecule has 48 valence electrons. The van der Waals surface area contributed by atoms with Crippen LogP contribution in [-0.2, 0) is 0 Å². The van der Waals surface area contributed by atoms with Gasteiger partial charge in [0.15, 0.2) is 0 Å². The van der Waals surface area contributed by atoms with Gasteiger partial charge in [-0.2, -0.15) is 0 Å². The number of thiocarbonyl (C=S) groups is 2. The first-order chi connectivity index (χ1) is 3.81. The van der Waals surface area contributed by atoms with Crippen molar-refractivity contribution in [2.24, 2.45) is 9.98 Å². The van der Waals surface area contributed by atoms with Crippen molar-refractivity contribution in [1.82, 2.24) is 0 Å². The lowest BCUT2D eigenvalue weighted by molar-refractivity contribution is 0.257. The Hall–Kier alpha value is -0.770. The molecule has 0 heterocycles. The molecule has 0 saturated heterocycles. The summed E-state index contributed by atoms with van der Waals surface area (Å²) in [4.78, 5) is 15.9. The van der Waals surface area contributed by atoms with E-state index in [0.29, 0.717) is 0 Å². The molecule has 0 aromatic rings. The molecule has 0 rings (SSSR count). The fourth-order valence-electron chi connectivity index (χ4n) is 0.103. The Morgan fingerprint density at radius 2 is 1.56 bits per heavy atom. The van der Waals surface area contributed by atoms with Gasteiger partial charge in [-0.1, -0.05) is 0 Å². The summed E-state index contributed by atoms with van der Waals surface area (Å²) in [7, 11) is 0. The number of hydrogen-bond acceptors (Lipinski definition) is 3. The average molecular weight is 162 g/mol. The monoisotopic (exact) mass is 162 g/mol. The van der Waals surface area contributed by atoms with Crippen LogP contribution in [0.15, 0.2) is 9.98 Å². The van der Waals surface area contributed by atoms with Gasteiger partial charge < -0.3 is 5.48 Å². The molecule has 0 atom stereocenters. The second-order valence-electron chi connectivity index (χ2n) is 0.689. The lowest BCUT2D eigenvalue weighted by atomic mass is 11.1. The van der Waals surface area contributed by atoms with Crippen molar-refractivity contribution in [1.29, 1.82) is 0 Å². The number of carbonyl (C=O) groups excluding carboxylic acids is 1. The second-order valence-corrected chi connectivity index (χ2v) is 1.05. The van der Waals surface area contributed by atoms with E-state index in [1.54, 1.807) is 0 Å². The number of rotatable bonds is 0. The largest absolute Gasteiger partial charge is 0.412 e. The number of hydrogen-bond donors (Lipinski definition) is 0. The molecule has 0 fully saturated rings. The highest BCUT2D eigenvalue weighted by molar-refractivity contribution is 7.78. The van der Waals surface area contributed by atoms with Gasteiger partial charge in [0.25, 0.3) is 0 Å². The lowest BCUT2D eigenvalue weighted by Gasteiger charge is -1.66. The zero-order chi connectivity index (χ0) is 6.41. The zero-order valence-electron chi connectivity index (χ0n) is 4.12. The Balaban J connectivity index is 0. The van der Waals surface area contributed by atoms with Crippen LogP contribution in [0.3, 0.4) is 0 Å². The summed E-state index contributed by atoms with van der Waals surface area (Å²) in [6.45, 7) is 0. The van der Waals surface area contributed by atoms with Crippen molar-refractivity contribution in [3.63, 3.8) is 0 Å². The van der Waals surface area contributed by atoms with Crippen molar-refractivity contribution in [2.45, 2.75) is 0 Å². The fraction of sp³-hybridized carbons (Fsp3) is 0. The Morgan fingerprint density at radius 1 is 1.22 bits per heavy atom. The quantitative estimate of drug-likeness (QED) is 0.384. The van der Waals surface area contributed by atoms with E-state index in [1.165, 1.54) is 0 Å². The maximum atomic E-state index is 10.1. The minimum absolute atomic E-state index is 0. The molecule has 0 spiro atoms. The Bertz CT molecular complexity index is 170. The third kappa shape index (κ3) is 7.23. The minimum atomic E-state index is -0.769. The molecule has 4 nitrogen and oxygen atoms in total. The van der Waals surface area contributed by atoms with Crippen LogP contribution >= 0.6 is 24.4 Å². The minimum Gasteiger partial charge on any atom is -0.412 e. The molecule has 0 aromatic heterocycles. The van der Waals surface area contributed by atoms with Crippen LogP contribution in [0, 0.1) is 0 Å². The van der Waals surface area contributed by atoms with Gasteiger partial charge in [0.2, 0.25) is 0 Å². The van der Waals surface area contributed by atoms with Gasteiger partial charge in [-0.3, -0.25) is 0 Å². The van der Waals surface area contributed by atoms with Crippen LogP contribution in [0.25, 0.3) is 0 Å². The molecule has 9 heavy (non-hydrogen) atoms. The molecule has 2 amide bonds. The van der Waals surface area contributed by atoms with Gasteiger partial charge in [-0.15, -0.1) is 9.98 Å². The second kappa shape index (κ2) is 7.23. The molecule has 0 aliphatic rings. The number of urea groups is 1. The Kier molecular flexibility index (Phi) is 8.90. The molecule has 6 heteroatoms. The molecule has 0 aliphatic heterocycles. The maximum Gasteiger partial charge on any atom is 0.384 e. The van der Waals surface area contributed by atoms with E-state index in [0.717, 1.165) is 0 Å². The number of aliphatic imine (C=N–C) groups is 2. The van der Waals surface area contributed by atoms with Crippen molar-refractivity contribution in [3.8, 4) is 0 Å². The van der Waals surface area contributed by atoms with E-state index >= 15 is 0 Å². The van der Waals surface area contributed by atoms with Crippen molar-refractivity contribution < 1.29 is 10.3 Å². The summed E-state index contributed by atoms with van der Waals surface area (Å²) in [6.07, 6.45) is 0. The van der Waals surface area contributed by atoms with Crippen molar-refractivity contribution in [2.75, 3.05) is 0 Å². The number of carbonyl (C=O) groups is 1. The predicted molar refractivity (Wildman–Crippen MR) is 39.1 cm³/mol. The van der Waals surface area contributed by atoms with Gasteiger partial charge in [-0.05, 0) is 24.4 Å². The van der Waals surface area contributed by atoms with Gasteiger partial charge in [0.05, 0.1) is 10.3 Å². The third-order valence-electron chi connectivity index (χ3n) is 0.283. The van der Waals surface area contributed by atoms with Crippen molar-refractivity contribution in [3.05, 3.63) is 0 Å². The van der Waals surface area contributed by atoms with Crippen LogP contribution in [0.4, 0.5) is 4.79 Å². The summed E-state index contributed by atoms with van der Waals surface area (Å²) < 4.78 is 0. The molecule has 0 aliphatic carbocycles. The standard InChI is InChI=1S/C3N2OS2.H2O/c6-3(4-1-7)5-2-8;/h;1H2. The van der Waals surface area contributed by atoms with E-state index in [1.807, 2.05) is 10.3 Å². The first-order valence-corrected chi connectivity index (χ1v) is 2.32. The van der Waals surface area contributed by atoms with Crippen LogP contribution in [0.5, 0.6) is 0 Å². The molecule has 2 N–H and O–H groups in total. The molecule has 0 radical (unpaired) electrons. The summed E-state index contributed by atoms with van der Waals surface area (Å²) in [5.41, 5.74) is 0. The molecule has 0 saturated carbocycles.